The molecule has 0 saturated heterocycles. The van der Waals surface area contributed by atoms with E-state index >= 15 is 0 Å². The van der Waals surface area contributed by atoms with Crippen molar-refractivity contribution >= 4 is 31.4 Å². The SMILES string of the molecule is CCOC(=O)CN(C(=O)SCc1ccccc1)C(Oc1ccc(OC)cc1)(Oc1ccc(OC)cc1)P=O. The molecule has 0 unspecified atom stereocenters. The van der Waals surface area contributed by atoms with Crippen LogP contribution >= 0.6 is 20.2 Å². The highest BCUT2D eigenvalue weighted by molar-refractivity contribution is 8.12. The van der Waals surface area contributed by atoms with Crippen LogP contribution in [0, 0.1) is 0 Å². The van der Waals surface area contributed by atoms with Gasteiger partial charge in [-0.3, -0.25) is 14.2 Å². The third-order valence-corrected chi connectivity index (χ3v) is 6.69. The zero-order chi connectivity index (χ0) is 27.4. The number of rotatable bonds is 13. The van der Waals surface area contributed by atoms with Crippen LogP contribution in [0.3, 0.4) is 0 Å². The molecule has 0 radical (unpaired) electrons. The lowest BCUT2D eigenvalue weighted by molar-refractivity contribution is -0.158. The lowest BCUT2D eigenvalue weighted by atomic mass is 10.2. The van der Waals surface area contributed by atoms with E-state index in [1.807, 2.05) is 30.3 Å². The first-order valence-electron chi connectivity index (χ1n) is 11.6. The fourth-order valence-electron chi connectivity index (χ4n) is 3.22. The number of amides is 1. The summed E-state index contributed by atoms with van der Waals surface area (Å²) in [5.41, 5.74) is -1.36. The number of benzene rings is 3. The predicted molar refractivity (Wildman–Crippen MR) is 144 cm³/mol. The van der Waals surface area contributed by atoms with Gasteiger partial charge in [-0.25, -0.2) is 4.90 Å². The zero-order valence-electron chi connectivity index (χ0n) is 21.2. The maximum Gasteiger partial charge on any atom is 0.426 e. The number of ether oxygens (including phenoxy) is 5. The van der Waals surface area contributed by atoms with E-state index in [1.54, 1.807) is 55.5 Å². The second-order valence-electron chi connectivity index (χ2n) is 7.63. The summed E-state index contributed by atoms with van der Waals surface area (Å²) in [5.74, 6) is 1.16. The molecule has 0 heterocycles. The van der Waals surface area contributed by atoms with Crippen molar-refractivity contribution in [2.45, 2.75) is 18.3 Å². The smallest absolute Gasteiger partial charge is 0.426 e. The molecule has 1 amide bonds. The van der Waals surface area contributed by atoms with E-state index in [1.165, 1.54) is 14.2 Å². The molecule has 0 aliphatic rings. The van der Waals surface area contributed by atoms with Gasteiger partial charge in [0.05, 0.1) is 20.8 Å². The molecular formula is C27H28NO8PS. The van der Waals surface area contributed by atoms with Crippen molar-refractivity contribution in [2.75, 3.05) is 27.4 Å². The molecule has 3 rings (SSSR count). The molecule has 9 nitrogen and oxygen atoms in total. The summed E-state index contributed by atoms with van der Waals surface area (Å²) in [5, 5.41) is -0.604. The van der Waals surface area contributed by atoms with Crippen molar-refractivity contribution < 1.29 is 37.8 Å². The minimum atomic E-state index is -2.25. The molecule has 0 atom stereocenters. The number of carbonyl (C=O) groups is 2. The number of carbonyl (C=O) groups excluding carboxylic acids is 2. The highest BCUT2D eigenvalue weighted by atomic mass is 32.2. The molecular weight excluding hydrogens is 529 g/mol. The van der Waals surface area contributed by atoms with E-state index in [-0.39, 0.29) is 18.1 Å². The van der Waals surface area contributed by atoms with E-state index in [4.69, 9.17) is 23.7 Å². The number of methoxy groups -OCH3 is 2. The van der Waals surface area contributed by atoms with Crippen LogP contribution in [0.5, 0.6) is 23.0 Å². The number of hydrogen-bond acceptors (Lipinski definition) is 9. The third-order valence-electron chi connectivity index (χ3n) is 5.09. The largest absolute Gasteiger partial charge is 0.497 e. The van der Waals surface area contributed by atoms with Crippen molar-refractivity contribution in [3.8, 4) is 23.0 Å². The minimum Gasteiger partial charge on any atom is -0.497 e. The first-order chi connectivity index (χ1) is 18.4. The van der Waals surface area contributed by atoms with Gasteiger partial charge < -0.3 is 23.7 Å². The van der Waals surface area contributed by atoms with Gasteiger partial charge in [0.1, 0.15) is 29.5 Å². The first kappa shape index (κ1) is 28.8. The molecule has 0 spiro atoms. The van der Waals surface area contributed by atoms with Gasteiger partial charge in [0.25, 0.3) is 13.7 Å². The summed E-state index contributed by atoms with van der Waals surface area (Å²) in [7, 11) is 2.30. The molecule has 11 heteroatoms. The molecule has 0 aliphatic heterocycles. The van der Waals surface area contributed by atoms with Crippen molar-refractivity contribution in [3.63, 3.8) is 0 Å². The molecule has 0 bridgehead atoms. The molecule has 200 valence electrons. The molecule has 3 aromatic rings. The van der Waals surface area contributed by atoms with Gasteiger partial charge in [0.2, 0.25) is 0 Å². The van der Waals surface area contributed by atoms with Gasteiger partial charge in [0.15, 0.2) is 0 Å². The van der Waals surface area contributed by atoms with E-state index < -0.39 is 31.9 Å². The van der Waals surface area contributed by atoms with Gasteiger partial charge in [-0.05, 0) is 61.0 Å². The maximum absolute atomic E-state index is 13.6. The van der Waals surface area contributed by atoms with Gasteiger partial charge in [-0.2, -0.15) is 0 Å². The van der Waals surface area contributed by atoms with E-state index in [2.05, 4.69) is 0 Å². The molecule has 0 N–H and O–H groups in total. The average Bonchev–Trinajstić information content (AvgIpc) is 2.95. The maximum atomic E-state index is 13.6. The highest BCUT2D eigenvalue weighted by Crippen LogP contribution is 2.37. The Labute approximate surface area is 227 Å². The van der Waals surface area contributed by atoms with E-state index in [0.29, 0.717) is 17.3 Å². The Morgan fingerprint density at radius 1 is 0.816 bits per heavy atom. The van der Waals surface area contributed by atoms with Crippen molar-refractivity contribution in [3.05, 3.63) is 84.4 Å². The summed E-state index contributed by atoms with van der Waals surface area (Å²) in [4.78, 5) is 27.1. The van der Waals surface area contributed by atoms with Crippen molar-refractivity contribution in [2.24, 2.45) is 0 Å². The van der Waals surface area contributed by atoms with Gasteiger partial charge in [-0.1, -0.05) is 42.1 Å². The van der Waals surface area contributed by atoms with Crippen molar-refractivity contribution in [1.29, 1.82) is 0 Å². The molecule has 3 aromatic carbocycles. The Balaban J connectivity index is 2.01. The monoisotopic (exact) mass is 557 g/mol. The Kier molecular flexibility index (Phi) is 10.8. The quantitative estimate of drug-likeness (QED) is 0.143. The number of esters is 1. The third kappa shape index (κ3) is 7.87. The molecule has 0 aromatic heterocycles. The Morgan fingerprint density at radius 3 is 1.76 bits per heavy atom. The van der Waals surface area contributed by atoms with E-state index in [9.17, 15) is 14.2 Å². The predicted octanol–water partition coefficient (Wildman–Crippen LogP) is 5.98. The number of nitrogens with zero attached hydrogens (tertiary/aromatic N) is 1. The lowest BCUT2D eigenvalue weighted by Gasteiger charge is -2.37. The first-order valence-corrected chi connectivity index (χ1v) is 13.4. The summed E-state index contributed by atoms with van der Waals surface area (Å²) >= 11 is 0.909. The zero-order valence-corrected chi connectivity index (χ0v) is 22.9. The summed E-state index contributed by atoms with van der Waals surface area (Å²) < 4.78 is 40.5. The van der Waals surface area contributed by atoms with Crippen LogP contribution in [0.25, 0.3) is 0 Å². The van der Waals surface area contributed by atoms with Gasteiger partial charge in [0, 0.05) is 5.75 Å². The molecule has 38 heavy (non-hydrogen) atoms. The van der Waals surface area contributed by atoms with Crippen LogP contribution in [0.1, 0.15) is 12.5 Å². The minimum absolute atomic E-state index is 0.0960. The highest BCUT2D eigenvalue weighted by Gasteiger charge is 2.48. The van der Waals surface area contributed by atoms with Gasteiger partial charge in [-0.15, -0.1) is 0 Å². The van der Waals surface area contributed by atoms with Crippen LogP contribution in [0.2, 0.25) is 0 Å². The van der Waals surface area contributed by atoms with Crippen LogP contribution in [0.4, 0.5) is 4.79 Å². The van der Waals surface area contributed by atoms with E-state index in [0.717, 1.165) is 22.2 Å². The second-order valence-corrected chi connectivity index (χ2v) is 9.30. The number of thioether (sulfide) groups is 1. The fraction of sp³-hybridized carbons (Fsp3) is 0.259. The average molecular weight is 558 g/mol. The molecule has 0 saturated carbocycles. The topological polar surface area (TPSA) is 101 Å². The summed E-state index contributed by atoms with van der Waals surface area (Å²) in [6.07, 6.45) is 0. The normalized spacial score (nSPS) is 10.9. The summed E-state index contributed by atoms with van der Waals surface area (Å²) in [6, 6.07) is 22.2. The number of hydrogen-bond donors (Lipinski definition) is 0. The fourth-order valence-corrected chi connectivity index (χ4v) is 4.66. The van der Waals surface area contributed by atoms with Gasteiger partial charge >= 0.3 is 11.6 Å². The molecule has 0 aliphatic carbocycles. The van der Waals surface area contributed by atoms with Crippen LogP contribution in [-0.4, -0.2) is 49.1 Å². The van der Waals surface area contributed by atoms with Crippen LogP contribution in [0.15, 0.2) is 78.9 Å². The lowest BCUT2D eigenvalue weighted by Crippen LogP contribution is -2.56. The second kappa shape index (κ2) is 14.3. The van der Waals surface area contributed by atoms with Crippen LogP contribution < -0.4 is 18.9 Å². The van der Waals surface area contributed by atoms with Crippen molar-refractivity contribution in [1.82, 2.24) is 4.90 Å². The Morgan fingerprint density at radius 2 is 1.32 bits per heavy atom. The summed E-state index contributed by atoms with van der Waals surface area (Å²) in [6.45, 7) is 1.17. The Bertz CT molecular complexity index is 1140. The van der Waals surface area contributed by atoms with Crippen LogP contribution in [-0.2, 0) is 19.8 Å². The Hall–Kier alpha value is -3.75. The molecule has 0 fully saturated rings. The standard InChI is InChI=1S/C27H28NO8PS/c1-4-34-25(29)18-28(26(30)38-19-20-8-6-5-7-9-20)27(37-31,35-23-14-10-21(32-2)11-15-23)36-24-16-12-22(33-3)13-17-24/h5-17H,4,18-19H2,1-3H3.